The molecule has 0 aliphatic carbocycles. The van der Waals surface area contributed by atoms with Crippen molar-refractivity contribution in [3.8, 4) is 17.6 Å². The van der Waals surface area contributed by atoms with E-state index in [4.69, 9.17) is 21.7 Å². The van der Waals surface area contributed by atoms with Crippen LogP contribution in [0.2, 0.25) is 0 Å². The fourth-order valence-electron chi connectivity index (χ4n) is 3.02. The quantitative estimate of drug-likeness (QED) is 0.439. The van der Waals surface area contributed by atoms with Crippen molar-refractivity contribution in [3.63, 3.8) is 0 Å². The van der Waals surface area contributed by atoms with Crippen molar-refractivity contribution in [2.24, 2.45) is 0 Å². The van der Waals surface area contributed by atoms with Gasteiger partial charge in [-0.05, 0) is 42.9 Å². The number of pyridine rings is 1. The van der Waals surface area contributed by atoms with E-state index in [1.165, 1.54) is 0 Å². The summed E-state index contributed by atoms with van der Waals surface area (Å²) in [4.78, 5) is 4.57. The molecule has 0 spiro atoms. The lowest BCUT2D eigenvalue weighted by atomic mass is 10.1. The van der Waals surface area contributed by atoms with Crippen LogP contribution in [-0.2, 0) is 0 Å². The van der Waals surface area contributed by atoms with Crippen LogP contribution < -0.4 is 25.4 Å². The van der Waals surface area contributed by atoms with Crippen LogP contribution in [0.3, 0.4) is 0 Å². The molecule has 0 bridgehead atoms. The van der Waals surface area contributed by atoms with Crippen LogP contribution >= 0.6 is 12.2 Å². The number of nitrogens with zero attached hydrogens (tertiary/aromatic N) is 2. The second-order valence-electron chi connectivity index (χ2n) is 6.52. The summed E-state index contributed by atoms with van der Waals surface area (Å²) in [6.45, 7) is 3.34. The first-order valence-corrected chi connectivity index (χ1v) is 9.54. The average Bonchev–Trinajstić information content (AvgIpc) is 3.17. The summed E-state index contributed by atoms with van der Waals surface area (Å²) in [5, 5.41) is 20.4. The van der Waals surface area contributed by atoms with Gasteiger partial charge in [-0.3, -0.25) is 0 Å². The molecule has 2 heterocycles. The molecule has 0 saturated heterocycles. The van der Waals surface area contributed by atoms with E-state index in [1.807, 2.05) is 43.3 Å². The minimum Gasteiger partial charge on any atom is -0.454 e. The van der Waals surface area contributed by atoms with Crippen LogP contribution in [0.1, 0.15) is 11.1 Å². The highest BCUT2D eigenvalue weighted by molar-refractivity contribution is 7.80. The molecule has 4 rings (SSSR count). The molecule has 0 radical (unpaired) electrons. The number of thiocarbonyl (C=S) groups is 1. The molecule has 7 nitrogen and oxygen atoms in total. The smallest absolute Gasteiger partial charge is 0.231 e. The van der Waals surface area contributed by atoms with Crippen LogP contribution in [0.4, 0.5) is 11.5 Å². The second kappa shape index (κ2) is 8.20. The zero-order chi connectivity index (χ0) is 20.2. The van der Waals surface area contributed by atoms with E-state index in [-0.39, 0.29) is 6.79 Å². The third-order valence-corrected chi connectivity index (χ3v) is 4.77. The summed E-state index contributed by atoms with van der Waals surface area (Å²) < 4.78 is 10.8. The number of nitriles is 1. The Labute approximate surface area is 173 Å². The highest BCUT2D eigenvalue weighted by atomic mass is 32.1. The van der Waals surface area contributed by atoms with Crippen LogP contribution in [0, 0.1) is 18.3 Å². The van der Waals surface area contributed by atoms with Crippen molar-refractivity contribution in [2.75, 3.05) is 30.5 Å². The van der Waals surface area contributed by atoms with E-state index in [0.29, 0.717) is 41.1 Å². The van der Waals surface area contributed by atoms with Gasteiger partial charge in [-0.1, -0.05) is 18.2 Å². The molecule has 3 N–H and O–H groups in total. The number of nitrogens with one attached hydrogen (secondary N) is 3. The molecule has 1 aliphatic rings. The summed E-state index contributed by atoms with van der Waals surface area (Å²) in [6.07, 6.45) is 0. The van der Waals surface area contributed by atoms with E-state index in [1.54, 1.807) is 6.07 Å². The van der Waals surface area contributed by atoms with Gasteiger partial charge in [0, 0.05) is 30.2 Å². The lowest BCUT2D eigenvalue weighted by molar-refractivity contribution is 0.174. The number of ether oxygens (including phenoxy) is 2. The number of aryl methyl sites for hydroxylation is 1. The van der Waals surface area contributed by atoms with Crippen LogP contribution in [0.15, 0.2) is 42.5 Å². The van der Waals surface area contributed by atoms with Gasteiger partial charge in [-0.2, -0.15) is 5.26 Å². The van der Waals surface area contributed by atoms with Crippen molar-refractivity contribution in [1.82, 2.24) is 10.3 Å². The zero-order valence-electron chi connectivity index (χ0n) is 15.8. The summed E-state index contributed by atoms with van der Waals surface area (Å²) in [6, 6.07) is 15.6. The van der Waals surface area contributed by atoms with E-state index < -0.39 is 0 Å². The first-order chi connectivity index (χ1) is 14.1. The number of rotatable bonds is 5. The summed E-state index contributed by atoms with van der Waals surface area (Å²) in [5.74, 6) is 1.86. The number of benzene rings is 2. The molecule has 3 aromatic rings. The molecular weight excluding hydrogens is 386 g/mol. The molecule has 29 heavy (non-hydrogen) atoms. The van der Waals surface area contributed by atoms with Gasteiger partial charge in [0.2, 0.25) is 6.79 Å². The lowest BCUT2D eigenvalue weighted by Crippen LogP contribution is -2.32. The topological polar surface area (TPSA) is 91.2 Å². The zero-order valence-corrected chi connectivity index (χ0v) is 16.6. The molecule has 2 aromatic carbocycles. The highest BCUT2D eigenvalue weighted by Crippen LogP contribution is 2.36. The second-order valence-corrected chi connectivity index (χ2v) is 6.93. The molecule has 1 aromatic heterocycles. The monoisotopic (exact) mass is 405 g/mol. The van der Waals surface area contributed by atoms with Gasteiger partial charge < -0.3 is 25.4 Å². The van der Waals surface area contributed by atoms with Crippen molar-refractivity contribution in [3.05, 3.63) is 53.6 Å². The summed E-state index contributed by atoms with van der Waals surface area (Å²) in [5.41, 5.74) is 3.30. The standard InChI is InChI=1S/C21H19N5O2S/c1-13-4-2-3-5-16(13)26-21(29)24-7-6-23-20-15(11-22)8-14-9-18-19(28-12-27-18)10-17(14)25-20/h2-5,8-10H,6-7,12H2,1H3,(H,23,25)(H2,24,26,29). The van der Waals surface area contributed by atoms with Crippen molar-refractivity contribution < 1.29 is 9.47 Å². The molecule has 0 saturated carbocycles. The minimum atomic E-state index is 0.198. The van der Waals surface area contributed by atoms with E-state index in [9.17, 15) is 5.26 Å². The third kappa shape index (κ3) is 4.15. The Morgan fingerprint density at radius 3 is 2.76 bits per heavy atom. The number of hydrogen-bond donors (Lipinski definition) is 3. The first-order valence-electron chi connectivity index (χ1n) is 9.13. The number of para-hydroxylation sites is 1. The van der Waals surface area contributed by atoms with Crippen molar-refractivity contribution >= 4 is 39.7 Å². The Hall–Kier alpha value is -3.57. The van der Waals surface area contributed by atoms with Gasteiger partial charge in [0.25, 0.3) is 0 Å². The van der Waals surface area contributed by atoms with Gasteiger partial charge in [-0.25, -0.2) is 4.98 Å². The maximum absolute atomic E-state index is 9.47. The van der Waals surface area contributed by atoms with Crippen LogP contribution in [0.25, 0.3) is 10.9 Å². The minimum absolute atomic E-state index is 0.198. The molecule has 0 fully saturated rings. The molecule has 0 unspecified atom stereocenters. The molecule has 146 valence electrons. The fraction of sp³-hybridized carbons (Fsp3) is 0.190. The van der Waals surface area contributed by atoms with Crippen LogP contribution in [0.5, 0.6) is 11.5 Å². The van der Waals surface area contributed by atoms with Gasteiger partial charge in [0.05, 0.1) is 11.1 Å². The SMILES string of the molecule is Cc1ccccc1NC(=S)NCCNc1nc2cc3c(cc2cc1C#N)OCO3. The van der Waals surface area contributed by atoms with Gasteiger partial charge >= 0.3 is 0 Å². The Balaban J connectivity index is 1.38. The number of anilines is 2. The molecular formula is C21H19N5O2S. The summed E-state index contributed by atoms with van der Waals surface area (Å²) in [7, 11) is 0. The maximum atomic E-state index is 9.47. The molecule has 0 amide bonds. The normalized spacial score (nSPS) is 11.7. The van der Waals surface area contributed by atoms with E-state index in [0.717, 1.165) is 22.2 Å². The molecule has 0 atom stereocenters. The largest absolute Gasteiger partial charge is 0.454 e. The summed E-state index contributed by atoms with van der Waals surface area (Å²) >= 11 is 5.34. The lowest BCUT2D eigenvalue weighted by Gasteiger charge is -2.13. The van der Waals surface area contributed by atoms with E-state index >= 15 is 0 Å². The van der Waals surface area contributed by atoms with Gasteiger partial charge in [0.1, 0.15) is 11.9 Å². The van der Waals surface area contributed by atoms with Gasteiger partial charge in [0.15, 0.2) is 16.6 Å². The first kappa shape index (κ1) is 18.8. The van der Waals surface area contributed by atoms with E-state index in [2.05, 4.69) is 27.0 Å². The number of hydrogen-bond acceptors (Lipinski definition) is 6. The Morgan fingerprint density at radius 2 is 1.97 bits per heavy atom. The van der Waals surface area contributed by atoms with Gasteiger partial charge in [-0.15, -0.1) is 0 Å². The Kier molecular flexibility index (Phi) is 5.31. The molecule has 1 aliphatic heterocycles. The van der Waals surface area contributed by atoms with Crippen molar-refractivity contribution in [2.45, 2.75) is 6.92 Å². The predicted molar refractivity (Wildman–Crippen MR) is 116 cm³/mol. The Morgan fingerprint density at radius 1 is 1.17 bits per heavy atom. The third-order valence-electron chi connectivity index (χ3n) is 4.53. The number of aromatic nitrogens is 1. The molecule has 8 heteroatoms. The maximum Gasteiger partial charge on any atom is 0.231 e. The average molecular weight is 405 g/mol. The Bertz CT molecular complexity index is 1130. The van der Waals surface area contributed by atoms with Crippen LogP contribution in [-0.4, -0.2) is 30.0 Å². The fourth-order valence-corrected chi connectivity index (χ4v) is 3.23. The number of fused-ring (bicyclic) bond motifs is 2. The van der Waals surface area contributed by atoms with Crippen molar-refractivity contribution in [1.29, 1.82) is 5.26 Å². The highest BCUT2D eigenvalue weighted by Gasteiger charge is 2.16. The predicted octanol–water partition coefficient (Wildman–Crippen LogP) is 3.54.